The van der Waals surface area contributed by atoms with E-state index in [-0.39, 0.29) is 6.61 Å². The monoisotopic (exact) mass is 304 g/mol. The average Bonchev–Trinajstić information content (AvgIpc) is 2.43. The molecular weight excluding hydrogens is 284 g/mol. The third-order valence-electron chi connectivity index (χ3n) is 2.37. The van der Waals surface area contributed by atoms with Crippen molar-refractivity contribution >= 4 is 20.0 Å². The van der Waals surface area contributed by atoms with E-state index >= 15 is 0 Å². The lowest BCUT2D eigenvalue weighted by Crippen LogP contribution is -2.17. The zero-order valence-electron chi connectivity index (χ0n) is 12.9. The molecule has 0 heterocycles. The molecule has 0 radical (unpaired) electrons. The molecule has 5 heteroatoms. The molecule has 1 aromatic carbocycles. The van der Waals surface area contributed by atoms with Crippen LogP contribution in [0.1, 0.15) is 27.6 Å². The Balaban J connectivity index is 2.59. The van der Waals surface area contributed by atoms with Crippen molar-refractivity contribution in [3.05, 3.63) is 35.4 Å². The van der Waals surface area contributed by atoms with Crippen LogP contribution in [0.2, 0.25) is 19.6 Å². The molecule has 0 aliphatic carbocycles. The molecular formula is C16H20O4Si. The summed E-state index contributed by atoms with van der Waals surface area (Å²) >= 11 is 0. The van der Waals surface area contributed by atoms with Gasteiger partial charge in [0.05, 0.1) is 17.7 Å². The first-order valence-electron chi connectivity index (χ1n) is 6.78. The van der Waals surface area contributed by atoms with E-state index in [9.17, 15) is 9.59 Å². The lowest BCUT2D eigenvalue weighted by molar-refractivity contribution is 0.0520. The standard InChI is InChI=1S/C16H20O4Si/c1-5-19-15(17)13-7-9-14(10-8-13)16(18)20-11-6-12-21(2,3)4/h7-10H,5,11H2,1-4H3. The lowest BCUT2D eigenvalue weighted by Gasteiger charge is -2.05. The van der Waals surface area contributed by atoms with E-state index in [4.69, 9.17) is 9.47 Å². The van der Waals surface area contributed by atoms with E-state index in [2.05, 4.69) is 31.1 Å². The fourth-order valence-corrected chi connectivity index (χ4v) is 2.05. The maximum absolute atomic E-state index is 11.8. The van der Waals surface area contributed by atoms with Crippen molar-refractivity contribution in [1.29, 1.82) is 0 Å². The summed E-state index contributed by atoms with van der Waals surface area (Å²) in [5, 5.41) is 0. The van der Waals surface area contributed by atoms with Crippen LogP contribution in [-0.4, -0.2) is 33.2 Å². The summed E-state index contributed by atoms with van der Waals surface area (Å²) in [7, 11) is -1.44. The third kappa shape index (κ3) is 6.28. The van der Waals surface area contributed by atoms with Crippen LogP contribution in [0.15, 0.2) is 24.3 Å². The summed E-state index contributed by atoms with van der Waals surface area (Å²) in [6.45, 7) is 8.51. The van der Waals surface area contributed by atoms with Crippen molar-refractivity contribution in [2.45, 2.75) is 26.6 Å². The molecule has 21 heavy (non-hydrogen) atoms. The van der Waals surface area contributed by atoms with Crippen LogP contribution in [-0.2, 0) is 9.47 Å². The van der Waals surface area contributed by atoms with Gasteiger partial charge >= 0.3 is 11.9 Å². The van der Waals surface area contributed by atoms with Crippen molar-refractivity contribution in [3.8, 4) is 11.5 Å². The molecule has 0 saturated heterocycles. The Kier molecular flexibility index (Phi) is 6.19. The minimum atomic E-state index is -1.44. The fraction of sp³-hybridized carbons (Fsp3) is 0.375. The molecule has 1 aromatic rings. The van der Waals surface area contributed by atoms with Crippen LogP contribution < -0.4 is 0 Å². The van der Waals surface area contributed by atoms with E-state index in [0.29, 0.717) is 17.7 Å². The largest absolute Gasteiger partial charge is 0.462 e. The highest BCUT2D eigenvalue weighted by atomic mass is 28.3. The van der Waals surface area contributed by atoms with Gasteiger partial charge in [-0.2, -0.15) is 0 Å². The third-order valence-corrected chi connectivity index (χ3v) is 3.30. The van der Waals surface area contributed by atoms with E-state index in [1.807, 2.05) is 0 Å². The molecule has 0 N–H and O–H groups in total. The summed E-state index contributed by atoms with van der Waals surface area (Å²) in [6, 6.07) is 6.17. The Bertz CT molecular complexity index is 559. The number of carbonyl (C=O) groups is 2. The number of hydrogen-bond acceptors (Lipinski definition) is 4. The summed E-state index contributed by atoms with van der Waals surface area (Å²) < 4.78 is 9.93. The Morgan fingerprint density at radius 2 is 1.48 bits per heavy atom. The second-order valence-corrected chi connectivity index (χ2v) is 10.2. The van der Waals surface area contributed by atoms with Gasteiger partial charge in [-0.25, -0.2) is 9.59 Å². The predicted molar refractivity (Wildman–Crippen MR) is 83.8 cm³/mol. The molecule has 0 saturated carbocycles. The summed E-state index contributed by atoms with van der Waals surface area (Å²) in [5.74, 6) is 2.01. The predicted octanol–water partition coefficient (Wildman–Crippen LogP) is 2.90. The van der Waals surface area contributed by atoms with Crippen LogP contribution in [0.5, 0.6) is 0 Å². The van der Waals surface area contributed by atoms with Crippen molar-refractivity contribution in [3.63, 3.8) is 0 Å². The van der Waals surface area contributed by atoms with Crippen molar-refractivity contribution in [2.24, 2.45) is 0 Å². The van der Waals surface area contributed by atoms with Crippen LogP contribution in [0, 0.1) is 11.5 Å². The Labute approximate surface area is 126 Å². The Morgan fingerprint density at radius 3 is 1.90 bits per heavy atom. The number of benzene rings is 1. The highest BCUT2D eigenvalue weighted by Gasteiger charge is 2.10. The summed E-state index contributed by atoms with van der Waals surface area (Å²) in [4.78, 5) is 23.3. The molecule has 0 bridgehead atoms. The zero-order valence-corrected chi connectivity index (χ0v) is 13.9. The minimum absolute atomic E-state index is 0.0860. The molecule has 112 valence electrons. The number of carbonyl (C=O) groups excluding carboxylic acids is 2. The zero-order chi connectivity index (χ0) is 15.9. The highest BCUT2D eigenvalue weighted by Crippen LogP contribution is 2.07. The first kappa shape index (κ1) is 17.0. The van der Waals surface area contributed by atoms with Crippen LogP contribution in [0.25, 0.3) is 0 Å². The van der Waals surface area contributed by atoms with Crippen molar-refractivity contribution in [2.75, 3.05) is 13.2 Å². The summed E-state index contributed by atoms with van der Waals surface area (Å²) in [5.41, 5.74) is 3.91. The van der Waals surface area contributed by atoms with Crippen LogP contribution in [0.3, 0.4) is 0 Å². The van der Waals surface area contributed by atoms with Gasteiger partial charge in [0.1, 0.15) is 8.07 Å². The fourth-order valence-electron chi connectivity index (χ4n) is 1.44. The molecule has 0 atom stereocenters. The van der Waals surface area contributed by atoms with Crippen molar-refractivity contribution < 1.29 is 19.1 Å². The highest BCUT2D eigenvalue weighted by molar-refractivity contribution is 6.83. The van der Waals surface area contributed by atoms with Crippen LogP contribution >= 0.6 is 0 Å². The first-order chi connectivity index (χ1) is 9.83. The van der Waals surface area contributed by atoms with Gasteiger partial charge in [0.2, 0.25) is 0 Å². The molecule has 0 aliphatic rings. The van der Waals surface area contributed by atoms with E-state index in [1.54, 1.807) is 31.2 Å². The average molecular weight is 304 g/mol. The summed E-state index contributed by atoms with van der Waals surface area (Å²) in [6.07, 6.45) is 0. The van der Waals surface area contributed by atoms with Gasteiger partial charge in [-0.15, -0.1) is 5.54 Å². The minimum Gasteiger partial charge on any atom is -0.462 e. The normalized spacial score (nSPS) is 10.3. The van der Waals surface area contributed by atoms with Gasteiger partial charge in [0, 0.05) is 0 Å². The molecule has 0 unspecified atom stereocenters. The maximum atomic E-state index is 11.8. The quantitative estimate of drug-likeness (QED) is 0.487. The number of ether oxygens (including phenoxy) is 2. The molecule has 0 fully saturated rings. The maximum Gasteiger partial charge on any atom is 0.339 e. The lowest BCUT2D eigenvalue weighted by atomic mass is 10.1. The van der Waals surface area contributed by atoms with E-state index < -0.39 is 20.0 Å². The molecule has 1 rings (SSSR count). The molecule has 0 aromatic heterocycles. The smallest absolute Gasteiger partial charge is 0.339 e. The Hall–Kier alpha value is -2.06. The second kappa shape index (κ2) is 7.65. The number of esters is 2. The van der Waals surface area contributed by atoms with Gasteiger partial charge in [-0.3, -0.25) is 0 Å². The number of rotatable bonds is 4. The molecule has 0 aliphatic heterocycles. The second-order valence-electron chi connectivity index (χ2n) is 5.43. The number of hydrogen-bond donors (Lipinski definition) is 0. The van der Waals surface area contributed by atoms with Gasteiger partial charge < -0.3 is 9.47 Å². The van der Waals surface area contributed by atoms with E-state index in [0.717, 1.165) is 0 Å². The van der Waals surface area contributed by atoms with Gasteiger partial charge in [0.25, 0.3) is 0 Å². The molecule has 4 nitrogen and oxygen atoms in total. The van der Waals surface area contributed by atoms with Crippen LogP contribution in [0.4, 0.5) is 0 Å². The molecule has 0 amide bonds. The SMILES string of the molecule is CCOC(=O)c1ccc(C(=O)OCC#C[Si](C)(C)C)cc1. The van der Waals surface area contributed by atoms with Crippen molar-refractivity contribution in [1.82, 2.24) is 0 Å². The molecule has 0 spiro atoms. The topological polar surface area (TPSA) is 52.6 Å². The Morgan fingerprint density at radius 1 is 1.00 bits per heavy atom. The van der Waals surface area contributed by atoms with Gasteiger partial charge in [-0.1, -0.05) is 25.6 Å². The van der Waals surface area contributed by atoms with Gasteiger partial charge in [-0.05, 0) is 31.2 Å². The van der Waals surface area contributed by atoms with Gasteiger partial charge in [0.15, 0.2) is 6.61 Å². The first-order valence-corrected chi connectivity index (χ1v) is 10.3. The van der Waals surface area contributed by atoms with E-state index in [1.165, 1.54) is 0 Å².